The Morgan fingerprint density at radius 3 is 2.50 bits per heavy atom. The Bertz CT molecular complexity index is 998. The maximum atomic E-state index is 12.6. The first-order valence-electron chi connectivity index (χ1n) is 8.22. The molecule has 0 spiro atoms. The third kappa shape index (κ3) is 3.35. The lowest BCUT2D eigenvalue weighted by molar-refractivity contribution is 0.101. The molecule has 136 valence electrons. The van der Waals surface area contributed by atoms with Crippen LogP contribution in [0.2, 0.25) is 0 Å². The second-order valence-electron chi connectivity index (χ2n) is 6.51. The van der Waals surface area contributed by atoms with Crippen LogP contribution < -0.4 is 9.62 Å². The number of anilines is 2. The molecule has 0 saturated heterocycles. The number of hydrogen-bond donors (Lipinski definition) is 1. The zero-order chi connectivity index (χ0) is 19.1. The van der Waals surface area contributed by atoms with Gasteiger partial charge in [0.2, 0.25) is 10.0 Å². The van der Waals surface area contributed by atoms with Gasteiger partial charge in [-0.05, 0) is 56.2 Å². The number of carbonyl (C=O) groups is 2. The molecule has 0 bridgehead atoms. The van der Waals surface area contributed by atoms with Crippen molar-refractivity contribution in [3.8, 4) is 0 Å². The number of nitrogens with one attached hydrogen (secondary N) is 1. The molecule has 2 aromatic carbocycles. The first kappa shape index (κ1) is 18.1. The van der Waals surface area contributed by atoms with Crippen molar-refractivity contribution in [1.82, 2.24) is 0 Å². The van der Waals surface area contributed by atoms with Crippen LogP contribution in [0.3, 0.4) is 0 Å². The van der Waals surface area contributed by atoms with Gasteiger partial charge in [0.1, 0.15) is 0 Å². The summed E-state index contributed by atoms with van der Waals surface area (Å²) >= 11 is 0. The normalized spacial score (nSPS) is 16.3. The smallest absolute Gasteiger partial charge is 0.255 e. The monoisotopic (exact) mass is 372 g/mol. The largest absolute Gasteiger partial charge is 0.321 e. The Labute approximate surface area is 152 Å². The minimum atomic E-state index is -3.37. The molecule has 1 N–H and O–H groups in total. The minimum absolute atomic E-state index is 0.132. The van der Waals surface area contributed by atoms with Crippen LogP contribution in [0, 0.1) is 0 Å². The SMILES string of the molecule is CC(=O)c1ccccc1NC(=O)c1ccc2c(c1)CC(C)N2S(C)(=O)=O. The Morgan fingerprint density at radius 2 is 1.85 bits per heavy atom. The van der Waals surface area contributed by atoms with Crippen LogP contribution >= 0.6 is 0 Å². The van der Waals surface area contributed by atoms with Crippen molar-refractivity contribution in [2.24, 2.45) is 0 Å². The molecule has 2 aromatic rings. The molecule has 0 aliphatic carbocycles. The Morgan fingerprint density at radius 1 is 1.15 bits per heavy atom. The fourth-order valence-corrected chi connectivity index (χ4v) is 4.61. The van der Waals surface area contributed by atoms with Gasteiger partial charge in [-0.2, -0.15) is 0 Å². The van der Waals surface area contributed by atoms with Gasteiger partial charge < -0.3 is 5.32 Å². The molecule has 26 heavy (non-hydrogen) atoms. The summed E-state index contributed by atoms with van der Waals surface area (Å²) in [6.07, 6.45) is 1.73. The van der Waals surface area contributed by atoms with Crippen molar-refractivity contribution in [3.63, 3.8) is 0 Å². The number of Topliss-reactive ketones (excluding diaryl/α,β-unsaturated/α-hetero) is 1. The van der Waals surface area contributed by atoms with Gasteiger partial charge in [-0.3, -0.25) is 13.9 Å². The molecular weight excluding hydrogens is 352 g/mol. The minimum Gasteiger partial charge on any atom is -0.321 e. The number of para-hydroxylation sites is 1. The molecule has 1 aliphatic rings. The van der Waals surface area contributed by atoms with E-state index in [-0.39, 0.29) is 17.7 Å². The molecular formula is C19H20N2O4S. The van der Waals surface area contributed by atoms with Crippen LogP contribution in [0.1, 0.15) is 40.1 Å². The number of rotatable bonds is 4. The number of hydrogen-bond acceptors (Lipinski definition) is 4. The summed E-state index contributed by atoms with van der Waals surface area (Å²) in [7, 11) is -3.37. The van der Waals surface area contributed by atoms with Gasteiger partial charge in [0, 0.05) is 17.2 Å². The summed E-state index contributed by atoms with van der Waals surface area (Å²) in [6, 6.07) is 11.6. The van der Waals surface area contributed by atoms with E-state index in [1.807, 2.05) is 6.92 Å². The molecule has 0 radical (unpaired) electrons. The number of sulfonamides is 1. The molecule has 7 heteroatoms. The lowest BCUT2D eigenvalue weighted by atomic mass is 10.1. The fraction of sp³-hybridized carbons (Fsp3) is 0.263. The molecule has 1 amide bonds. The standard InChI is InChI=1S/C19H20N2O4S/c1-12-10-15-11-14(8-9-18(15)21(12)26(3,24)25)19(23)20-17-7-5-4-6-16(17)13(2)22/h4-9,11-12H,10H2,1-3H3,(H,20,23). The molecule has 0 aromatic heterocycles. The van der Waals surface area contributed by atoms with Crippen LogP contribution in [0.15, 0.2) is 42.5 Å². The average Bonchev–Trinajstić information content (AvgIpc) is 2.89. The fourth-order valence-electron chi connectivity index (χ4n) is 3.34. The Kier molecular flexibility index (Phi) is 4.58. The van der Waals surface area contributed by atoms with Gasteiger partial charge in [-0.1, -0.05) is 12.1 Å². The van der Waals surface area contributed by atoms with E-state index in [1.54, 1.807) is 42.5 Å². The van der Waals surface area contributed by atoms with Gasteiger partial charge in [-0.15, -0.1) is 0 Å². The van der Waals surface area contributed by atoms with Crippen LogP contribution in [0.4, 0.5) is 11.4 Å². The predicted octanol–water partition coefficient (Wildman–Crippen LogP) is 2.85. The highest BCUT2D eigenvalue weighted by Gasteiger charge is 2.32. The lowest BCUT2D eigenvalue weighted by Crippen LogP contribution is -2.34. The predicted molar refractivity (Wildman–Crippen MR) is 101 cm³/mol. The second-order valence-corrected chi connectivity index (χ2v) is 8.37. The summed E-state index contributed by atoms with van der Waals surface area (Å²) in [4.78, 5) is 24.3. The summed E-state index contributed by atoms with van der Waals surface area (Å²) < 4.78 is 25.3. The molecule has 1 aliphatic heterocycles. The lowest BCUT2D eigenvalue weighted by Gasteiger charge is -2.21. The molecule has 3 rings (SSSR count). The van der Waals surface area contributed by atoms with Crippen molar-refractivity contribution in [2.75, 3.05) is 15.9 Å². The van der Waals surface area contributed by atoms with Crippen LogP contribution in [-0.4, -0.2) is 32.4 Å². The zero-order valence-electron chi connectivity index (χ0n) is 14.8. The van der Waals surface area contributed by atoms with Crippen LogP contribution in [-0.2, 0) is 16.4 Å². The molecule has 1 unspecified atom stereocenters. The number of ketones is 1. The number of nitrogens with zero attached hydrogens (tertiary/aromatic N) is 1. The van der Waals surface area contributed by atoms with Crippen molar-refractivity contribution in [2.45, 2.75) is 26.3 Å². The maximum Gasteiger partial charge on any atom is 0.255 e. The van der Waals surface area contributed by atoms with E-state index in [4.69, 9.17) is 0 Å². The van der Waals surface area contributed by atoms with Gasteiger partial charge in [0.25, 0.3) is 5.91 Å². The first-order chi connectivity index (χ1) is 12.2. The molecule has 6 nitrogen and oxygen atoms in total. The van der Waals surface area contributed by atoms with Crippen LogP contribution in [0.5, 0.6) is 0 Å². The summed E-state index contributed by atoms with van der Waals surface area (Å²) in [6.45, 7) is 3.28. The number of fused-ring (bicyclic) bond motifs is 1. The van der Waals surface area contributed by atoms with E-state index in [1.165, 1.54) is 17.5 Å². The quantitative estimate of drug-likeness (QED) is 0.837. The van der Waals surface area contributed by atoms with Crippen molar-refractivity contribution >= 4 is 33.1 Å². The van der Waals surface area contributed by atoms with E-state index in [0.717, 1.165) is 5.56 Å². The summed E-state index contributed by atoms with van der Waals surface area (Å²) in [5.74, 6) is -0.473. The molecule has 1 heterocycles. The second kappa shape index (κ2) is 6.57. The van der Waals surface area contributed by atoms with Gasteiger partial charge >= 0.3 is 0 Å². The van der Waals surface area contributed by atoms with Gasteiger partial charge in [0.05, 0.1) is 17.6 Å². The Hall–Kier alpha value is -2.67. The van der Waals surface area contributed by atoms with Crippen molar-refractivity contribution in [1.29, 1.82) is 0 Å². The average molecular weight is 372 g/mol. The summed E-state index contributed by atoms with van der Waals surface area (Å²) in [5, 5.41) is 2.76. The highest BCUT2D eigenvalue weighted by Crippen LogP contribution is 2.34. The topological polar surface area (TPSA) is 83.6 Å². The Balaban J connectivity index is 1.90. The van der Waals surface area contributed by atoms with Gasteiger partial charge in [0.15, 0.2) is 5.78 Å². The van der Waals surface area contributed by atoms with Gasteiger partial charge in [-0.25, -0.2) is 8.42 Å². The maximum absolute atomic E-state index is 12.6. The van der Waals surface area contributed by atoms with E-state index >= 15 is 0 Å². The summed E-state index contributed by atoms with van der Waals surface area (Å²) in [5.41, 5.74) is 2.75. The van der Waals surface area contributed by atoms with Crippen molar-refractivity contribution in [3.05, 3.63) is 59.2 Å². The number of amides is 1. The highest BCUT2D eigenvalue weighted by molar-refractivity contribution is 7.92. The zero-order valence-corrected chi connectivity index (χ0v) is 15.6. The highest BCUT2D eigenvalue weighted by atomic mass is 32.2. The molecule has 1 atom stereocenters. The van der Waals surface area contributed by atoms with E-state index in [2.05, 4.69) is 5.32 Å². The van der Waals surface area contributed by atoms with E-state index in [9.17, 15) is 18.0 Å². The molecule has 0 fully saturated rings. The van der Waals surface area contributed by atoms with E-state index < -0.39 is 10.0 Å². The third-order valence-corrected chi connectivity index (χ3v) is 5.68. The first-order valence-corrected chi connectivity index (χ1v) is 10.1. The van der Waals surface area contributed by atoms with Crippen molar-refractivity contribution < 1.29 is 18.0 Å². The molecule has 0 saturated carbocycles. The number of carbonyl (C=O) groups excluding carboxylic acids is 2. The van der Waals surface area contributed by atoms with Crippen LogP contribution in [0.25, 0.3) is 0 Å². The van der Waals surface area contributed by atoms with E-state index in [0.29, 0.717) is 28.9 Å². The third-order valence-electron chi connectivity index (χ3n) is 4.41. The number of benzene rings is 2.